The Morgan fingerprint density at radius 2 is 1.83 bits per heavy atom. The molecule has 0 heterocycles. The van der Waals surface area contributed by atoms with Gasteiger partial charge in [0, 0.05) is 12.1 Å². The van der Waals surface area contributed by atoms with E-state index in [4.69, 9.17) is 26.2 Å². The fourth-order valence-corrected chi connectivity index (χ4v) is 2.51. The third-order valence-electron chi connectivity index (χ3n) is 3.94. The summed E-state index contributed by atoms with van der Waals surface area (Å²) in [5.41, 5.74) is 1.28. The molecule has 0 bridgehead atoms. The number of nitrogens with zero attached hydrogens (tertiary/aromatic N) is 1. The van der Waals surface area contributed by atoms with E-state index in [0.29, 0.717) is 22.0 Å². The van der Waals surface area contributed by atoms with Gasteiger partial charge in [0.15, 0.2) is 6.61 Å². The minimum Gasteiger partial charge on any atom is -0.495 e. The Morgan fingerprint density at radius 1 is 1.14 bits per heavy atom. The second kappa shape index (κ2) is 10.4. The number of benzene rings is 2. The Labute approximate surface area is 173 Å². The summed E-state index contributed by atoms with van der Waals surface area (Å²) in [5.74, 6) is -1.26. The van der Waals surface area contributed by atoms with Crippen LogP contribution in [0.1, 0.15) is 15.9 Å². The lowest BCUT2D eigenvalue weighted by Gasteiger charge is -2.17. The lowest BCUT2D eigenvalue weighted by atomic mass is 10.1. The molecule has 9 heteroatoms. The van der Waals surface area contributed by atoms with Gasteiger partial charge in [0.2, 0.25) is 5.91 Å². The second-order valence-electron chi connectivity index (χ2n) is 6.07. The van der Waals surface area contributed by atoms with Gasteiger partial charge < -0.3 is 24.8 Å². The van der Waals surface area contributed by atoms with E-state index in [1.807, 2.05) is 0 Å². The summed E-state index contributed by atoms with van der Waals surface area (Å²) >= 11 is 5.92. The highest BCUT2D eigenvalue weighted by molar-refractivity contribution is 6.31. The van der Waals surface area contributed by atoms with Gasteiger partial charge in [-0.25, -0.2) is 4.79 Å². The lowest BCUT2D eigenvalue weighted by molar-refractivity contribution is -0.136. The van der Waals surface area contributed by atoms with Crippen molar-refractivity contribution in [2.45, 2.75) is 6.61 Å². The summed E-state index contributed by atoms with van der Waals surface area (Å²) in [6.07, 6.45) is 0. The average molecular weight is 421 g/mol. The first-order valence-corrected chi connectivity index (χ1v) is 8.96. The van der Waals surface area contributed by atoms with Gasteiger partial charge in [-0.3, -0.25) is 9.59 Å². The summed E-state index contributed by atoms with van der Waals surface area (Å²) in [6.45, 7) is -0.899. The number of amides is 2. The van der Waals surface area contributed by atoms with Crippen LogP contribution in [0.15, 0.2) is 42.5 Å². The van der Waals surface area contributed by atoms with Gasteiger partial charge in [-0.05, 0) is 35.9 Å². The molecule has 2 rings (SSSR count). The number of likely N-dealkylation sites (N-methyl/N-ethyl adjacent to an activating group) is 1. The number of nitrogens with one attached hydrogen (secondary N) is 1. The Hall–Kier alpha value is -3.10. The number of rotatable bonds is 8. The van der Waals surface area contributed by atoms with Gasteiger partial charge >= 0.3 is 5.97 Å². The van der Waals surface area contributed by atoms with Crippen molar-refractivity contribution in [3.8, 4) is 5.75 Å². The molecule has 0 saturated carbocycles. The highest BCUT2D eigenvalue weighted by atomic mass is 35.5. The number of carbonyl (C=O) groups is 3. The van der Waals surface area contributed by atoms with Gasteiger partial charge in [0.25, 0.3) is 5.91 Å². The molecule has 2 amide bonds. The number of hydrogen-bond donors (Lipinski definition) is 2. The number of halogens is 1. The molecule has 0 fully saturated rings. The molecule has 154 valence electrons. The van der Waals surface area contributed by atoms with E-state index in [-0.39, 0.29) is 18.7 Å². The van der Waals surface area contributed by atoms with Crippen LogP contribution in [0.4, 0.5) is 5.69 Å². The second-order valence-corrected chi connectivity index (χ2v) is 6.51. The van der Waals surface area contributed by atoms with Crippen LogP contribution >= 0.6 is 11.6 Å². The van der Waals surface area contributed by atoms with Crippen molar-refractivity contribution in [2.75, 3.05) is 32.6 Å². The maximum Gasteiger partial charge on any atom is 0.338 e. The summed E-state index contributed by atoms with van der Waals surface area (Å²) in [6, 6.07) is 10.9. The SMILES string of the molecule is COc1ccc(Cl)cc1NC(=O)CN(C)C(=O)COC(=O)c1ccc(CO)cc1. The van der Waals surface area contributed by atoms with Gasteiger partial charge in [-0.2, -0.15) is 0 Å². The Bertz CT molecular complexity index is 885. The van der Waals surface area contributed by atoms with Gasteiger partial charge in [0.1, 0.15) is 5.75 Å². The first-order chi connectivity index (χ1) is 13.8. The minimum atomic E-state index is -0.677. The lowest BCUT2D eigenvalue weighted by Crippen LogP contribution is -2.37. The van der Waals surface area contributed by atoms with Crippen molar-refractivity contribution in [1.29, 1.82) is 0 Å². The first kappa shape index (κ1) is 22.2. The van der Waals surface area contributed by atoms with Crippen molar-refractivity contribution in [1.82, 2.24) is 4.90 Å². The molecule has 0 aliphatic carbocycles. The molecular weight excluding hydrogens is 400 g/mol. The zero-order valence-corrected chi connectivity index (χ0v) is 16.7. The number of carbonyl (C=O) groups excluding carboxylic acids is 3. The standard InChI is InChI=1S/C20H21ClN2O6/c1-23(10-18(25)22-16-9-15(21)7-8-17(16)28-2)19(26)12-29-20(27)14-5-3-13(11-24)4-6-14/h3-9,24H,10-12H2,1-2H3,(H,22,25). The minimum absolute atomic E-state index is 0.137. The van der Waals surface area contributed by atoms with E-state index in [1.54, 1.807) is 24.3 Å². The third-order valence-corrected chi connectivity index (χ3v) is 4.18. The predicted octanol–water partition coefficient (Wildman–Crippen LogP) is 2.09. The molecule has 2 aromatic rings. The van der Waals surface area contributed by atoms with Crippen LogP contribution in [-0.2, 0) is 20.9 Å². The molecule has 2 N–H and O–H groups in total. The molecule has 0 spiro atoms. The topological polar surface area (TPSA) is 105 Å². The van der Waals surface area contributed by atoms with Crippen LogP contribution in [0.2, 0.25) is 5.02 Å². The molecule has 0 aliphatic heterocycles. The smallest absolute Gasteiger partial charge is 0.338 e. The number of ether oxygens (including phenoxy) is 2. The molecule has 0 aliphatic rings. The quantitative estimate of drug-likeness (QED) is 0.633. The largest absolute Gasteiger partial charge is 0.495 e. The maximum atomic E-state index is 12.2. The first-order valence-electron chi connectivity index (χ1n) is 8.58. The number of esters is 1. The molecular formula is C20H21ClN2O6. The van der Waals surface area contributed by atoms with E-state index >= 15 is 0 Å². The van der Waals surface area contributed by atoms with Crippen LogP contribution in [-0.4, -0.2) is 55.1 Å². The Morgan fingerprint density at radius 3 is 2.45 bits per heavy atom. The van der Waals surface area contributed by atoms with Crippen molar-refractivity contribution in [2.24, 2.45) is 0 Å². The van der Waals surface area contributed by atoms with Crippen LogP contribution in [0.3, 0.4) is 0 Å². The number of methoxy groups -OCH3 is 1. The zero-order valence-electron chi connectivity index (χ0n) is 16.0. The van der Waals surface area contributed by atoms with E-state index in [2.05, 4.69) is 5.32 Å². The molecule has 29 heavy (non-hydrogen) atoms. The number of anilines is 1. The van der Waals surface area contributed by atoms with Gasteiger partial charge in [-0.1, -0.05) is 23.7 Å². The highest BCUT2D eigenvalue weighted by Gasteiger charge is 2.17. The van der Waals surface area contributed by atoms with Crippen LogP contribution < -0.4 is 10.1 Å². The molecule has 0 atom stereocenters. The number of hydrogen-bond acceptors (Lipinski definition) is 6. The fraction of sp³-hybridized carbons (Fsp3) is 0.250. The van der Waals surface area contributed by atoms with Crippen LogP contribution in [0.5, 0.6) is 5.75 Å². The molecule has 0 aromatic heterocycles. The summed E-state index contributed by atoms with van der Waals surface area (Å²) in [7, 11) is 2.88. The fourth-order valence-electron chi connectivity index (χ4n) is 2.34. The average Bonchev–Trinajstić information content (AvgIpc) is 2.71. The predicted molar refractivity (Wildman–Crippen MR) is 107 cm³/mol. The van der Waals surface area contributed by atoms with Crippen molar-refractivity contribution >= 4 is 35.1 Å². The zero-order chi connectivity index (χ0) is 21.4. The third kappa shape index (κ3) is 6.48. The van der Waals surface area contributed by atoms with Gasteiger partial charge in [-0.15, -0.1) is 0 Å². The van der Waals surface area contributed by atoms with E-state index < -0.39 is 24.4 Å². The van der Waals surface area contributed by atoms with E-state index in [1.165, 1.54) is 32.4 Å². The summed E-state index contributed by atoms with van der Waals surface area (Å²) < 4.78 is 10.1. The normalized spacial score (nSPS) is 10.2. The number of aliphatic hydroxyl groups excluding tert-OH is 1. The molecule has 0 radical (unpaired) electrons. The highest BCUT2D eigenvalue weighted by Crippen LogP contribution is 2.27. The molecule has 0 unspecified atom stereocenters. The van der Waals surface area contributed by atoms with Gasteiger partial charge in [0.05, 0.1) is 31.5 Å². The number of aliphatic hydroxyl groups is 1. The summed E-state index contributed by atoms with van der Waals surface area (Å²) in [4.78, 5) is 37.4. The molecule has 8 nitrogen and oxygen atoms in total. The monoisotopic (exact) mass is 420 g/mol. The van der Waals surface area contributed by atoms with Crippen LogP contribution in [0, 0.1) is 0 Å². The molecule has 2 aromatic carbocycles. The van der Waals surface area contributed by atoms with Crippen molar-refractivity contribution in [3.63, 3.8) is 0 Å². The maximum absolute atomic E-state index is 12.2. The van der Waals surface area contributed by atoms with E-state index in [0.717, 1.165) is 4.90 Å². The molecule has 0 saturated heterocycles. The van der Waals surface area contributed by atoms with Crippen LogP contribution in [0.25, 0.3) is 0 Å². The Balaban J connectivity index is 1.85. The van der Waals surface area contributed by atoms with Crippen molar-refractivity contribution < 1.29 is 29.0 Å². The van der Waals surface area contributed by atoms with Crippen molar-refractivity contribution in [3.05, 3.63) is 58.6 Å². The summed E-state index contributed by atoms with van der Waals surface area (Å²) in [5, 5.41) is 12.0. The van der Waals surface area contributed by atoms with E-state index in [9.17, 15) is 14.4 Å². The Kier molecular flexibility index (Phi) is 7.99.